The Balaban J connectivity index is 1.50. The summed E-state index contributed by atoms with van der Waals surface area (Å²) in [5.74, 6) is 0.516. The Morgan fingerprint density at radius 1 is 1.13 bits per heavy atom. The molecule has 0 aromatic rings. The number of carbonyl (C=O) groups excluding carboxylic acids is 3. The van der Waals surface area contributed by atoms with Gasteiger partial charge in [-0.15, -0.1) is 11.6 Å². The maximum absolute atomic E-state index is 13.0. The number of ketones is 1. The molecule has 1 amide bonds. The van der Waals surface area contributed by atoms with Gasteiger partial charge in [0.2, 0.25) is 5.91 Å². The van der Waals surface area contributed by atoms with Gasteiger partial charge in [0.1, 0.15) is 12.0 Å². The summed E-state index contributed by atoms with van der Waals surface area (Å²) in [7, 11) is 0. The smallest absolute Gasteiger partial charge is 0.302 e. The fourth-order valence-corrected chi connectivity index (χ4v) is 7.24. The number of alkyl halides is 1. The number of ether oxygens (including phenoxy) is 1. The van der Waals surface area contributed by atoms with Crippen LogP contribution < -0.4 is 5.32 Å². The summed E-state index contributed by atoms with van der Waals surface area (Å²) in [6, 6.07) is 0. The van der Waals surface area contributed by atoms with Gasteiger partial charge in [-0.25, -0.2) is 0 Å². The van der Waals surface area contributed by atoms with E-state index < -0.39 is 0 Å². The van der Waals surface area contributed by atoms with Crippen LogP contribution in [-0.2, 0) is 19.1 Å². The van der Waals surface area contributed by atoms with Gasteiger partial charge in [0.25, 0.3) is 0 Å². The van der Waals surface area contributed by atoms with Crippen molar-refractivity contribution in [1.29, 1.82) is 0 Å². The lowest BCUT2D eigenvalue weighted by molar-refractivity contribution is -0.148. The van der Waals surface area contributed by atoms with Crippen LogP contribution in [0, 0.1) is 28.6 Å². The van der Waals surface area contributed by atoms with Gasteiger partial charge in [0.05, 0.1) is 6.54 Å². The fourth-order valence-electron chi connectivity index (χ4n) is 7.15. The minimum absolute atomic E-state index is 0.0122. The van der Waals surface area contributed by atoms with Crippen LogP contribution in [0.5, 0.6) is 0 Å². The lowest BCUT2D eigenvalue weighted by atomic mass is 9.48. The Labute approximate surface area is 190 Å². The topological polar surface area (TPSA) is 72.5 Å². The van der Waals surface area contributed by atoms with E-state index in [1.54, 1.807) is 0 Å². The van der Waals surface area contributed by atoms with Crippen LogP contribution in [0.4, 0.5) is 0 Å². The number of hydrogen-bond donors (Lipinski definition) is 1. The summed E-state index contributed by atoms with van der Waals surface area (Å²) in [6.45, 7) is 6.22. The van der Waals surface area contributed by atoms with E-state index in [0.29, 0.717) is 11.8 Å². The number of nitrogens with one attached hydrogen (secondary N) is 1. The third-order valence-electron chi connectivity index (χ3n) is 8.77. The highest BCUT2D eigenvalue weighted by atomic mass is 35.5. The van der Waals surface area contributed by atoms with Crippen LogP contribution in [0.2, 0.25) is 0 Å². The molecule has 0 heterocycles. The third-order valence-corrected chi connectivity index (χ3v) is 9.01. The number of esters is 1. The van der Waals surface area contributed by atoms with Crippen molar-refractivity contribution in [2.24, 2.45) is 28.6 Å². The van der Waals surface area contributed by atoms with Crippen molar-refractivity contribution in [3.8, 4) is 0 Å². The molecule has 6 atom stereocenters. The predicted octanol–water partition coefficient (Wildman–Crippen LogP) is 4.34. The van der Waals surface area contributed by atoms with Gasteiger partial charge < -0.3 is 10.1 Å². The zero-order valence-electron chi connectivity index (χ0n) is 18.8. The first kappa shape index (κ1) is 22.6. The molecule has 6 heteroatoms. The Hall–Kier alpha value is -1.62. The van der Waals surface area contributed by atoms with Gasteiger partial charge in [0.15, 0.2) is 5.78 Å². The highest BCUT2D eigenvalue weighted by molar-refractivity contribution is 6.27. The van der Waals surface area contributed by atoms with Gasteiger partial charge in [0, 0.05) is 19.3 Å². The average molecular weight is 448 g/mol. The molecule has 6 unspecified atom stereocenters. The minimum Gasteiger partial charge on any atom is -0.462 e. The minimum atomic E-state index is -0.294. The molecule has 170 valence electrons. The Bertz CT molecular complexity index is 848. The Kier molecular flexibility index (Phi) is 6.10. The molecule has 0 aromatic heterocycles. The number of hydrogen-bond acceptors (Lipinski definition) is 4. The first-order valence-corrected chi connectivity index (χ1v) is 12.1. The molecule has 0 aromatic carbocycles. The van der Waals surface area contributed by atoms with E-state index in [0.717, 1.165) is 44.9 Å². The second-order valence-electron chi connectivity index (χ2n) is 10.4. The largest absolute Gasteiger partial charge is 0.462 e. The standard InChI is InChI=1S/C25H34ClNO4/c1-15(28)31-17-8-10-24(2)16(12-17)4-5-18-19-6-7-21(22(29)14-27-23(30)13-26)25(19,3)11-9-20(18)24/h4,6,17-18,20-21H,5,7-14H2,1-3H3,(H,27,30). The summed E-state index contributed by atoms with van der Waals surface area (Å²) < 4.78 is 5.53. The summed E-state index contributed by atoms with van der Waals surface area (Å²) >= 11 is 5.55. The van der Waals surface area contributed by atoms with Gasteiger partial charge in [-0.2, -0.15) is 0 Å². The van der Waals surface area contributed by atoms with Crippen molar-refractivity contribution >= 4 is 29.3 Å². The van der Waals surface area contributed by atoms with E-state index >= 15 is 0 Å². The number of Topliss-reactive ketones (excluding diaryl/α,β-unsaturated/α-hetero) is 1. The van der Waals surface area contributed by atoms with Crippen LogP contribution in [0.3, 0.4) is 0 Å². The predicted molar refractivity (Wildman–Crippen MR) is 119 cm³/mol. The van der Waals surface area contributed by atoms with Gasteiger partial charge in [-0.05, 0) is 61.2 Å². The van der Waals surface area contributed by atoms with Crippen LogP contribution in [0.25, 0.3) is 0 Å². The number of carbonyl (C=O) groups is 3. The van der Waals surface area contributed by atoms with Crippen molar-refractivity contribution < 1.29 is 19.1 Å². The summed E-state index contributed by atoms with van der Waals surface area (Å²) in [5, 5.41) is 2.65. The SMILES string of the molecule is CC(=O)OC1CCC2(C)C(=CCC3C4=CCC(C(=O)CNC(=O)CCl)C4(C)CCC32)C1. The molecule has 0 spiro atoms. The van der Waals surface area contributed by atoms with E-state index in [-0.39, 0.29) is 52.9 Å². The first-order chi connectivity index (χ1) is 14.7. The normalized spacial score (nSPS) is 38.7. The molecule has 0 saturated heterocycles. The van der Waals surface area contributed by atoms with E-state index in [1.165, 1.54) is 18.1 Å². The zero-order valence-corrected chi connectivity index (χ0v) is 19.6. The maximum atomic E-state index is 13.0. The maximum Gasteiger partial charge on any atom is 0.302 e. The molecule has 4 rings (SSSR count). The van der Waals surface area contributed by atoms with Gasteiger partial charge in [-0.1, -0.05) is 37.1 Å². The van der Waals surface area contributed by atoms with E-state index in [1.807, 2.05) is 0 Å². The van der Waals surface area contributed by atoms with Crippen LogP contribution in [0.15, 0.2) is 23.3 Å². The van der Waals surface area contributed by atoms with Crippen molar-refractivity contribution in [3.63, 3.8) is 0 Å². The molecule has 31 heavy (non-hydrogen) atoms. The van der Waals surface area contributed by atoms with E-state index in [4.69, 9.17) is 16.3 Å². The third kappa shape index (κ3) is 3.88. The molecular weight excluding hydrogens is 414 g/mol. The second-order valence-corrected chi connectivity index (χ2v) is 10.6. The summed E-state index contributed by atoms with van der Waals surface area (Å²) in [4.78, 5) is 35.9. The monoisotopic (exact) mass is 447 g/mol. The summed E-state index contributed by atoms with van der Waals surface area (Å²) in [6.07, 6.45) is 11.5. The van der Waals surface area contributed by atoms with Crippen molar-refractivity contribution in [1.82, 2.24) is 5.32 Å². The number of amides is 1. The van der Waals surface area contributed by atoms with E-state index in [2.05, 4.69) is 31.3 Å². The van der Waals surface area contributed by atoms with Gasteiger partial charge in [-0.3, -0.25) is 14.4 Å². The molecule has 0 bridgehead atoms. The molecule has 1 N–H and O–H groups in total. The number of halogens is 1. The number of rotatable bonds is 5. The summed E-state index contributed by atoms with van der Waals surface area (Å²) in [5.41, 5.74) is 2.97. The lowest BCUT2D eigenvalue weighted by Gasteiger charge is -2.56. The lowest BCUT2D eigenvalue weighted by Crippen LogP contribution is -2.49. The molecule has 0 radical (unpaired) electrons. The molecule has 0 aliphatic heterocycles. The van der Waals surface area contributed by atoms with Crippen molar-refractivity contribution in [2.75, 3.05) is 12.4 Å². The van der Waals surface area contributed by atoms with Crippen LogP contribution in [-0.4, -0.2) is 36.2 Å². The molecule has 2 fully saturated rings. The molecule has 4 aliphatic carbocycles. The molecule has 4 aliphatic rings. The molecular formula is C25H34ClNO4. The van der Waals surface area contributed by atoms with Crippen molar-refractivity contribution in [2.45, 2.75) is 71.8 Å². The van der Waals surface area contributed by atoms with Crippen LogP contribution in [0.1, 0.15) is 65.7 Å². The van der Waals surface area contributed by atoms with Gasteiger partial charge >= 0.3 is 5.97 Å². The fraction of sp³-hybridized carbons (Fsp3) is 0.720. The quantitative estimate of drug-likeness (QED) is 0.386. The second kappa shape index (κ2) is 8.38. The Morgan fingerprint density at radius 3 is 2.58 bits per heavy atom. The number of fused-ring (bicyclic) bond motifs is 5. The number of allylic oxidation sites excluding steroid dienone is 3. The van der Waals surface area contributed by atoms with Crippen molar-refractivity contribution in [3.05, 3.63) is 23.3 Å². The highest BCUT2D eigenvalue weighted by Gasteiger charge is 2.56. The highest BCUT2D eigenvalue weighted by Crippen LogP contribution is 2.64. The molecule has 5 nitrogen and oxygen atoms in total. The zero-order chi connectivity index (χ0) is 22.4. The van der Waals surface area contributed by atoms with Crippen LogP contribution >= 0.6 is 11.6 Å². The molecule has 2 saturated carbocycles. The average Bonchev–Trinajstić information content (AvgIpc) is 3.09. The first-order valence-electron chi connectivity index (χ1n) is 11.6. The van der Waals surface area contributed by atoms with E-state index in [9.17, 15) is 14.4 Å². The Morgan fingerprint density at radius 2 is 1.87 bits per heavy atom.